The number of ether oxygens (including phenoxy) is 1. The van der Waals surface area contributed by atoms with Crippen LogP contribution in [0.3, 0.4) is 0 Å². The number of ketones is 1. The van der Waals surface area contributed by atoms with Crippen molar-refractivity contribution in [3.8, 4) is 5.75 Å². The first-order chi connectivity index (χ1) is 15.0. The van der Waals surface area contributed by atoms with E-state index in [1.165, 1.54) is 24.4 Å². The van der Waals surface area contributed by atoms with Gasteiger partial charge in [-0.25, -0.2) is 9.37 Å². The Kier molecular flexibility index (Phi) is 4.59. The van der Waals surface area contributed by atoms with Crippen LogP contribution in [0, 0.1) is 5.82 Å². The monoisotopic (exact) mass is 436 g/mol. The van der Waals surface area contributed by atoms with E-state index in [-0.39, 0.29) is 28.1 Å². The van der Waals surface area contributed by atoms with Crippen molar-refractivity contribution in [2.45, 2.75) is 25.5 Å². The highest BCUT2D eigenvalue weighted by molar-refractivity contribution is 7.14. The molecule has 1 amide bonds. The number of nitrogens with zero attached hydrogens (tertiary/aromatic N) is 2. The highest BCUT2D eigenvalue weighted by Gasteiger charge is 2.48. The molecule has 1 saturated heterocycles. The number of carbonyl (C=O) groups is 2. The summed E-state index contributed by atoms with van der Waals surface area (Å²) >= 11 is 1.15. The summed E-state index contributed by atoms with van der Waals surface area (Å²) < 4.78 is 20.5. The van der Waals surface area contributed by atoms with Gasteiger partial charge in [0.25, 0.3) is 5.78 Å². The summed E-state index contributed by atoms with van der Waals surface area (Å²) in [6, 6.07) is 9.86. The van der Waals surface area contributed by atoms with Gasteiger partial charge in [-0.1, -0.05) is 18.2 Å². The summed E-state index contributed by atoms with van der Waals surface area (Å²) in [4.78, 5) is 31.2. The lowest BCUT2D eigenvalue weighted by Gasteiger charge is -2.23. The fraction of sp³-hybridized carbons (Fsp3) is 0.174. The van der Waals surface area contributed by atoms with Gasteiger partial charge in [0, 0.05) is 29.1 Å². The Labute approximate surface area is 181 Å². The van der Waals surface area contributed by atoms with Gasteiger partial charge in [-0.2, -0.15) is 0 Å². The van der Waals surface area contributed by atoms with Crippen LogP contribution >= 0.6 is 11.3 Å². The summed E-state index contributed by atoms with van der Waals surface area (Å²) in [7, 11) is 0. The molecule has 6 nitrogen and oxygen atoms in total. The molecule has 0 aliphatic carbocycles. The molecule has 0 spiro atoms. The molecule has 0 radical (unpaired) electrons. The molecule has 8 heteroatoms. The van der Waals surface area contributed by atoms with Gasteiger partial charge >= 0.3 is 5.91 Å². The van der Waals surface area contributed by atoms with Crippen LogP contribution in [0.5, 0.6) is 5.75 Å². The number of Topliss-reactive ketones (excluding diaryl/α,β-unsaturated/α-hetero) is 1. The largest absolute Gasteiger partial charge is 0.507 e. The molecule has 2 atom stereocenters. The number of anilines is 1. The molecule has 5 rings (SSSR count). The Morgan fingerprint density at radius 1 is 1.26 bits per heavy atom. The van der Waals surface area contributed by atoms with Crippen LogP contribution in [-0.2, 0) is 16.0 Å². The molecular formula is C23H17FN2O4S. The maximum atomic E-state index is 14.8. The van der Waals surface area contributed by atoms with Gasteiger partial charge in [-0.3, -0.25) is 14.5 Å². The second-order valence-electron chi connectivity index (χ2n) is 7.46. The van der Waals surface area contributed by atoms with Gasteiger partial charge in [0.15, 0.2) is 5.13 Å². The smallest absolute Gasteiger partial charge is 0.301 e. The van der Waals surface area contributed by atoms with Gasteiger partial charge < -0.3 is 9.84 Å². The molecule has 2 aliphatic heterocycles. The van der Waals surface area contributed by atoms with Crippen molar-refractivity contribution in [1.82, 2.24) is 4.98 Å². The Morgan fingerprint density at radius 3 is 2.81 bits per heavy atom. The van der Waals surface area contributed by atoms with Gasteiger partial charge in [0.2, 0.25) is 0 Å². The molecular weight excluding hydrogens is 419 g/mol. The minimum atomic E-state index is -1.13. The maximum Gasteiger partial charge on any atom is 0.301 e. The lowest BCUT2D eigenvalue weighted by Crippen LogP contribution is -2.29. The normalized spacial score (nSPS) is 21.9. The van der Waals surface area contributed by atoms with Crippen LogP contribution in [0.2, 0.25) is 0 Å². The average molecular weight is 436 g/mol. The lowest BCUT2D eigenvalue weighted by molar-refractivity contribution is -0.132. The molecule has 1 N–H and O–H groups in total. The first-order valence-corrected chi connectivity index (χ1v) is 10.6. The second kappa shape index (κ2) is 7.31. The van der Waals surface area contributed by atoms with E-state index in [1.54, 1.807) is 29.6 Å². The number of aliphatic hydroxyl groups is 1. The highest BCUT2D eigenvalue weighted by Crippen LogP contribution is 2.44. The van der Waals surface area contributed by atoms with E-state index < -0.39 is 23.5 Å². The predicted octanol–water partition coefficient (Wildman–Crippen LogP) is 4.23. The van der Waals surface area contributed by atoms with Crippen LogP contribution in [-0.4, -0.2) is 27.9 Å². The highest BCUT2D eigenvalue weighted by atomic mass is 32.1. The minimum Gasteiger partial charge on any atom is -0.507 e. The number of thiazole rings is 1. The number of fused-ring (bicyclic) bond motifs is 1. The number of benzene rings is 2. The lowest BCUT2D eigenvalue weighted by atomic mass is 9.94. The average Bonchev–Trinajstić information content (AvgIpc) is 3.46. The third-order valence-electron chi connectivity index (χ3n) is 5.44. The van der Waals surface area contributed by atoms with E-state index >= 15 is 0 Å². The number of aromatic nitrogens is 1. The number of carbonyl (C=O) groups excluding carboxylic acids is 2. The third-order valence-corrected chi connectivity index (χ3v) is 6.21. The predicted molar refractivity (Wildman–Crippen MR) is 114 cm³/mol. The van der Waals surface area contributed by atoms with Crippen LogP contribution in [0.15, 0.2) is 59.6 Å². The fourth-order valence-corrected chi connectivity index (χ4v) is 4.75. The van der Waals surface area contributed by atoms with Crippen molar-refractivity contribution < 1.29 is 23.8 Å². The number of halogens is 1. The van der Waals surface area contributed by atoms with Crippen LogP contribution < -0.4 is 9.64 Å². The van der Waals surface area contributed by atoms with Gasteiger partial charge in [0.05, 0.1) is 5.57 Å². The molecule has 3 aromatic rings. The molecule has 2 unspecified atom stereocenters. The van der Waals surface area contributed by atoms with E-state index in [0.29, 0.717) is 12.0 Å². The number of hydrogen-bond donors (Lipinski definition) is 1. The van der Waals surface area contributed by atoms with E-state index in [9.17, 15) is 19.1 Å². The Balaban J connectivity index is 1.70. The van der Waals surface area contributed by atoms with Crippen molar-refractivity contribution in [3.05, 3.63) is 82.1 Å². The Bertz CT molecular complexity index is 1240. The number of rotatable bonds is 3. The molecule has 31 heavy (non-hydrogen) atoms. The Morgan fingerprint density at radius 2 is 2.06 bits per heavy atom. The second-order valence-corrected chi connectivity index (χ2v) is 8.33. The minimum absolute atomic E-state index is 0.0151. The zero-order valence-corrected chi connectivity index (χ0v) is 17.2. The van der Waals surface area contributed by atoms with E-state index in [2.05, 4.69) is 4.98 Å². The first-order valence-electron chi connectivity index (χ1n) is 9.70. The van der Waals surface area contributed by atoms with Crippen molar-refractivity contribution >= 4 is 33.9 Å². The van der Waals surface area contributed by atoms with Gasteiger partial charge in [0.1, 0.15) is 29.5 Å². The standard InChI is InChI=1S/C23H17FN2O4S/c1-12-10-14-11-13(6-7-17(14)30-12)20(27)18-19(15-4-2-3-5-16(15)24)26(22(29)21(18)28)23-25-8-9-31-23/h2-9,11-12,19,27H,10H2,1H3. The zero-order valence-electron chi connectivity index (χ0n) is 16.4. The number of aliphatic hydroxyl groups excluding tert-OH is 1. The third kappa shape index (κ3) is 3.11. The number of hydrogen-bond acceptors (Lipinski definition) is 6. The summed E-state index contributed by atoms with van der Waals surface area (Å²) in [5, 5.41) is 13.1. The van der Waals surface area contributed by atoms with E-state index in [0.717, 1.165) is 27.5 Å². The molecule has 0 bridgehead atoms. The summed E-state index contributed by atoms with van der Waals surface area (Å²) in [5.41, 5.74) is 1.21. The fourth-order valence-electron chi connectivity index (χ4n) is 4.08. The van der Waals surface area contributed by atoms with Crippen LogP contribution in [0.25, 0.3) is 5.76 Å². The topological polar surface area (TPSA) is 79.7 Å². The molecule has 3 heterocycles. The number of amides is 1. The van der Waals surface area contributed by atoms with Gasteiger partial charge in [-0.05, 0) is 36.8 Å². The molecule has 2 aromatic carbocycles. The summed E-state index contributed by atoms with van der Waals surface area (Å²) in [6.45, 7) is 1.94. The van der Waals surface area contributed by atoms with Gasteiger partial charge in [-0.15, -0.1) is 11.3 Å². The Hall–Kier alpha value is -3.52. The molecule has 2 aliphatic rings. The van der Waals surface area contributed by atoms with Crippen LogP contribution in [0.1, 0.15) is 29.7 Å². The SMILES string of the molecule is CC1Cc2cc(C(O)=C3C(=O)C(=O)N(c4nccs4)C3c3ccccc3F)ccc2O1. The van der Waals surface area contributed by atoms with Crippen molar-refractivity contribution in [3.63, 3.8) is 0 Å². The molecule has 156 valence electrons. The van der Waals surface area contributed by atoms with E-state index in [4.69, 9.17) is 4.74 Å². The summed E-state index contributed by atoms with van der Waals surface area (Å²) in [6.07, 6.45) is 2.18. The molecule has 1 aromatic heterocycles. The maximum absolute atomic E-state index is 14.8. The zero-order chi connectivity index (χ0) is 21.7. The van der Waals surface area contributed by atoms with E-state index in [1.807, 2.05) is 6.92 Å². The van der Waals surface area contributed by atoms with Crippen molar-refractivity contribution in [2.75, 3.05) is 4.90 Å². The summed E-state index contributed by atoms with van der Waals surface area (Å²) in [5.74, 6) is -1.96. The van der Waals surface area contributed by atoms with Crippen molar-refractivity contribution in [1.29, 1.82) is 0 Å². The van der Waals surface area contributed by atoms with Crippen molar-refractivity contribution in [2.24, 2.45) is 0 Å². The molecule has 1 fully saturated rings. The van der Waals surface area contributed by atoms with Crippen LogP contribution in [0.4, 0.5) is 9.52 Å². The molecule has 0 saturated carbocycles. The quantitative estimate of drug-likeness (QED) is 0.378. The first kappa shape index (κ1) is 19.4.